The number of fused-ring (bicyclic) bond motifs is 2. The van der Waals surface area contributed by atoms with Gasteiger partial charge in [-0.2, -0.15) is 0 Å². The van der Waals surface area contributed by atoms with E-state index in [9.17, 15) is 15.3 Å². The Labute approximate surface area is 329 Å². The lowest BCUT2D eigenvalue weighted by Gasteiger charge is -2.34. The highest BCUT2D eigenvalue weighted by Gasteiger charge is 2.54. The molecule has 292 valence electrons. The first-order valence-electron chi connectivity index (χ1n) is 18.8. The number of aromatic hydroxyl groups is 1. The van der Waals surface area contributed by atoms with Crippen LogP contribution < -0.4 is 24.8 Å². The van der Waals surface area contributed by atoms with E-state index in [1.165, 1.54) is 0 Å². The maximum Gasteiger partial charge on any atom is 0.176 e. The Hall–Kier alpha value is -6.76. The van der Waals surface area contributed by atoms with Crippen LogP contribution in [0.4, 0.5) is 11.5 Å². The van der Waals surface area contributed by atoms with Gasteiger partial charge < -0.3 is 39.9 Å². The maximum absolute atomic E-state index is 14.3. The molecular formula is C44H46N8O5. The molecule has 7 aromatic rings. The highest BCUT2D eigenvalue weighted by atomic mass is 16.5. The number of carbonyl (C=O) groups is 1. The molecule has 0 spiro atoms. The molecule has 1 aliphatic heterocycles. The van der Waals surface area contributed by atoms with Crippen molar-refractivity contribution in [1.82, 2.24) is 24.5 Å². The van der Waals surface area contributed by atoms with E-state index in [0.29, 0.717) is 64.3 Å². The van der Waals surface area contributed by atoms with Gasteiger partial charge in [-0.3, -0.25) is 14.8 Å². The Bertz CT molecular complexity index is 2650. The van der Waals surface area contributed by atoms with E-state index in [2.05, 4.69) is 29.9 Å². The van der Waals surface area contributed by atoms with Crippen LogP contribution >= 0.6 is 0 Å². The average Bonchev–Trinajstić information content (AvgIpc) is 3.94. The van der Waals surface area contributed by atoms with E-state index in [1.54, 1.807) is 43.1 Å². The first-order chi connectivity index (χ1) is 27.3. The zero-order valence-corrected chi connectivity index (χ0v) is 33.0. The number of H-pyrrole nitrogens is 2. The first kappa shape index (κ1) is 37.2. The van der Waals surface area contributed by atoms with Crippen molar-refractivity contribution in [3.8, 4) is 40.1 Å². The first-order valence-corrected chi connectivity index (χ1v) is 18.8. The zero-order valence-electron chi connectivity index (χ0n) is 33.0. The maximum atomic E-state index is 14.3. The van der Waals surface area contributed by atoms with E-state index < -0.39 is 16.9 Å². The standard InChI is InChI=1S/C44H46N8O5/c1-8-44(4)38(54)37(40(46)52(44)25-18-27(56-6)20-28(19-25)57-7)42-49-32-16-13-24(17-33(32)50-42)22-43(2,3)29-15-14-26(55-5)21-34(29)51-23-35(53)36(39(51)45)41-47-30-11-9-10-12-31(30)48-41/h9-21,23,37,46,53H,8,22,45H2,1-7H3,(H,47,48)(H,49,50). The van der Waals surface area contributed by atoms with Crippen molar-refractivity contribution in [2.75, 3.05) is 32.0 Å². The van der Waals surface area contributed by atoms with Crippen LogP contribution in [0.1, 0.15) is 57.0 Å². The monoisotopic (exact) mass is 766 g/mol. The number of para-hydroxylation sites is 2. The molecule has 4 heterocycles. The smallest absolute Gasteiger partial charge is 0.176 e. The lowest BCUT2D eigenvalue weighted by atomic mass is 9.78. The molecule has 2 unspecified atom stereocenters. The van der Waals surface area contributed by atoms with Crippen LogP contribution in [0.25, 0.3) is 39.1 Å². The van der Waals surface area contributed by atoms with Gasteiger partial charge in [0.05, 0.1) is 61.0 Å². The summed E-state index contributed by atoms with van der Waals surface area (Å²) < 4.78 is 18.5. The third-order valence-electron chi connectivity index (χ3n) is 11.4. The number of carbonyl (C=O) groups excluding carboxylic acids is 1. The van der Waals surface area contributed by atoms with Gasteiger partial charge in [0.25, 0.3) is 0 Å². The molecule has 8 rings (SSSR count). The highest BCUT2D eigenvalue weighted by Crippen LogP contribution is 2.45. The molecule has 13 heteroatoms. The summed E-state index contributed by atoms with van der Waals surface area (Å²) in [6.45, 7) is 8.14. The number of nitrogens with two attached hydrogens (primary N) is 1. The third kappa shape index (κ3) is 6.10. The van der Waals surface area contributed by atoms with E-state index >= 15 is 0 Å². The van der Waals surface area contributed by atoms with Crippen LogP contribution in [0, 0.1) is 5.41 Å². The molecule has 2 atom stereocenters. The van der Waals surface area contributed by atoms with Crippen LogP contribution in [0.15, 0.2) is 85.1 Å². The Kier molecular flexibility index (Phi) is 8.98. The third-order valence-corrected chi connectivity index (χ3v) is 11.4. The Morgan fingerprint density at radius 3 is 2.28 bits per heavy atom. The van der Waals surface area contributed by atoms with Crippen molar-refractivity contribution in [3.63, 3.8) is 0 Å². The van der Waals surface area contributed by atoms with Gasteiger partial charge in [-0.1, -0.05) is 45.0 Å². The molecule has 57 heavy (non-hydrogen) atoms. The minimum atomic E-state index is -0.990. The van der Waals surface area contributed by atoms with Crippen molar-refractivity contribution >= 4 is 45.2 Å². The lowest BCUT2D eigenvalue weighted by Crippen LogP contribution is -2.46. The number of ketones is 1. The number of hydrogen-bond donors (Lipinski definition) is 5. The van der Waals surface area contributed by atoms with Gasteiger partial charge in [0.15, 0.2) is 5.78 Å². The number of benzene rings is 4. The van der Waals surface area contributed by atoms with E-state index in [4.69, 9.17) is 29.9 Å². The summed E-state index contributed by atoms with van der Waals surface area (Å²) in [7, 11) is 4.76. The summed E-state index contributed by atoms with van der Waals surface area (Å²) in [4.78, 5) is 32.3. The van der Waals surface area contributed by atoms with Crippen LogP contribution in [0.2, 0.25) is 0 Å². The number of Topliss-reactive ketones (excluding diaryl/α,β-unsaturated/α-hetero) is 1. The SMILES string of the molecule is CCC1(C)C(=O)C(c2nc3ccc(CC(C)(C)c4ccc(OC)cc4-n4cc(O)c(-c5nc6ccccc6[nH]5)c4N)cc3[nH]2)C(=N)N1c1cc(OC)cc(OC)c1. The number of aromatic nitrogens is 5. The van der Waals surface area contributed by atoms with Crippen LogP contribution in [0.3, 0.4) is 0 Å². The van der Waals surface area contributed by atoms with Crippen molar-refractivity contribution < 1.29 is 24.1 Å². The zero-order chi connectivity index (χ0) is 40.4. The minimum absolute atomic E-state index is 0.00180. The van der Waals surface area contributed by atoms with Crippen LogP contribution in [-0.4, -0.2) is 68.1 Å². The molecule has 4 aromatic carbocycles. The van der Waals surface area contributed by atoms with E-state index in [-0.39, 0.29) is 17.4 Å². The topological polar surface area (TPSA) is 180 Å². The molecule has 1 aliphatic rings. The van der Waals surface area contributed by atoms with Gasteiger partial charge >= 0.3 is 0 Å². The van der Waals surface area contributed by atoms with Crippen molar-refractivity contribution in [2.24, 2.45) is 0 Å². The van der Waals surface area contributed by atoms with Crippen LogP contribution in [-0.2, 0) is 16.6 Å². The minimum Gasteiger partial charge on any atom is -0.505 e. The molecule has 1 saturated heterocycles. The molecule has 0 radical (unpaired) electrons. The molecule has 6 N–H and O–H groups in total. The molecule has 0 bridgehead atoms. The normalized spacial score (nSPS) is 17.2. The second kappa shape index (κ2) is 13.8. The van der Waals surface area contributed by atoms with Gasteiger partial charge in [0.2, 0.25) is 0 Å². The molecule has 3 aromatic heterocycles. The molecule has 0 saturated carbocycles. The van der Waals surface area contributed by atoms with Gasteiger partial charge in [-0.25, -0.2) is 9.97 Å². The number of ether oxygens (including phenoxy) is 3. The highest BCUT2D eigenvalue weighted by molar-refractivity contribution is 6.26. The summed E-state index contributed by atoms with van der Waals surface area (Å²) in [5.41, 5.74) is 12.3. The van der Waals surface area contributed by atoms with Gasteiger partial charge in [0.1, 0.15) is 63.3 Å². The Balaban J connectivity index is 1.12. The molecular weight excluding hydrogens is 721 g/mol. The van der Waals surface area contributed by atoms with Crippen molar-refractivity contribution in [2.45, 2.75) is 57.4 Å². The largest absolute Gasteiger partial charge is 0.505 e. The number of imidazole rings is 2. The fraction of sp³-hybridized carbons (Fsp3) is 0.273. The number of amidine groups is 1. The fourth-order valence-corrected chi connectivity index (χ4v) is 8.23. The molecule has 0 aliphatic carbocycles. The number of rotatable bonds is 11. The fourth-order valence-electron chi connectivity index (χ4n) is 8.23. The number of hydrogen-bond acceptors (Lipinski definition) is 9. The number of aromatic amines is 2. The van der Waals surface area contributed by atoms with Crippen molar-refractivity contribution in [1.29, 1.82) is 5.41 Å². The predicted octanol–water partition coefficient (Wildman–Crippen LogP) is 8.05. The van der Waals surface area contributed by atoms with E-state index in [0.717, 1.165) is 33.4 Å². The average molecular weight is 767 g/mol. The Morgan fingerprint density at radius 2 is 1.60 bits per heavy atom. The summed E-state index contributed by atoms with van der Waals surface area (Å²) in [5, 5.41) is 20.6. The number of nitrogens with zero attached hydrogens (tertiary/aromatic N) is 4. The lowest BCUT2D eigenvalue weighted by molar-refractivity contribution is -0.122. The van der Waals surface area contributed by atoms with Gasteiger partial charge in [-0.05, 0) is 66.6 Å². The summed E-state index contributed by atoms with van der Waals surface area (Å²) in [6.07, 6.45) is 2.71. The van der Waals surface area contributed by atoms with Gasteiger partial charge in [0, 0.05) is 24.3 Å². The van der Waals surface area contributed by atoms with Crippen LogP contribution in [0.5, 0.6) is 23.0 Å². The Morgan fingerprint density at radius 1 is 0.895 bits per heavy atom. The number of nitrogens with one attached hydrogen (secondary N) is 3. The molecule has 13 nitrogen and oxygen atoms in total. The molecule has 0 amide bonds. The van der Waals surface area contributed by atoms with Gasteiger partial charge in [-0.15, -0.1) is 0 Å². The number of methoxy groups -OCH3 is 3. The second-order valence-electron chi connectivity index (χ2n) is 15.4. The quantitative estimate of drug-likeness (QED) is 0.0871. The second-order valence-corrected chi connectivity index (χ2v) is 15.4. The van der Waals surface area contributed by atoms with E-state index in [1.807, 2.05) is 80.6 Å². The predicted molar refractivity (Wildman–Crippen MR) is 223 cm³/mol. The summed E-state index contributed by atoms with van der Waals surface area (Å²) in [5.74, 6) is 2.13. The number of anilines is 2. The number of nitrogen functional groups attached to an aromatic ring is 1. The molecule has 1 fully saturated rings. The van der Waals surface area contributed by atoms with Crippen molar-refractivity contribution in [3.05, 3.63) is 102 Å². The summed E-state index contributed by atoms with van der Waals surface area (Å²) in [6, 6.07) is 25.0. The summed E-state index contributed by atoms with van der Waals surface area (Å²) >= 11 is 0.